The molecule has 1 fully saturated rings. The zero-order valence-corrected chi connectivity index (χ0v) is 18.2. The smallest absolute Gasteiger partial charge is 0.322 e. The van der Waals surface area contributed by atoms with Crippen LogP contribution in [0.1, 0.15) is 6.92 Å². The van der Waals surface area contributed by atoms with E-state index in [1.165, 1.54) is 12.4 Å². The topological polar surface area (TPSA) is 79.8 Å². The number of halogens is 2. The van der Waals surface area contributed by atoms with Gasteiger partial charge in [-0.3, -0.25) is 0 Å². The Morgan fingerprint density at radius 1 is 1.09 bits per heavy atom. The number of benzene rings is 2. The molecule has 33 heavy (non-hydrogen) atoms. The number of nitrogens with one attached hydrogen (secondary N) is 1. The van der Waals surface area contributed by atoms with Gasteiger partial charge in [-0.05, 0) is 43.3 Å². The first-order valence-electron chi connectivity index (χ1n) is 10.3. The van der Waals surface area contributed by atoms with Crippen LogP contribution in [0.4, 0.5) is 25.1 Å². The highest BCUT2D eigenvalue weighted by molar-refractivity contribution is 5.89. The summed E-state index contributed by atoms with van der Waals surface area (Å²) < 4.78 is 37.6. The molecule has 1 aromatic heterocycles. The van der Waals surface area contributed by atoms with Gasteiger partial charge in [-0.2, -0.15) is 0 Å². The van der Waals surface area contributed by atoms with Crippen molar-refractivity contribution in [3.05, 3.63) is 66.5 Å². The molecule has 1 N–H and O–H groups in total. The number of urea groups is 1. The van der Waals surface area contributed by atoms with Gasteiger partial charge in [0.15, 0.2) is 11.6 Å². The minimum atomic E-state index is -0.819. The molecule has 8 nitrogen and oxygen atoms in total. The van der Waals surface area contributed by atoms with Crippen LogP contribution < -0.4 is 19.7 Å². The molecule has 0 saturated carbocycles. The summed E-state index contributed by atoms with van der Waals surface area (Å²) in [6.07, 6.45) is 1.32. The average molecular weight is 455 g/mol. The number of piperazine rings is 1. The van der Waals surface area contributed by atoms with E-state index >= 15 is 0 Å². The number of nitrogens with zero attached hydrogens (tertiary/aromatic N) is 4. The number of carbonyl (C=O) groups is 1. The molecule has 2 heterocycles. The summed E-state index contributed by atoms with van der Waals surface area (Å²) >= 11 is 0. The van der Waals surface area contributed by atoms with Gasteiger partial charge < -0.3 is 24.6 Å². The van der Waals surface area contributed by atoms with Gasteiger partial charge in [0.2, 0.25) is 5.88 Å². The van der Waals surface area contributed by atoms with Crippen molar-refractivity contribution in [3.8, 4) is 17.4 Å². The Hall–Kier alpha value is -3.95. The summed E-state index contributed by atoms with van der Waals surface area (Å²) in [7, 11) is 1.59. The third kappa shape index (κ3) is 5.28. The van der Waals surface area contributed by atoms with Gasteiger partial charge in [0, 0.05) is 43.5 Å². The molecule has 0 unspecified atom stereocenters. The molecule has 1 saturated heterocycles. The maximum Gasteiger partial charge on any atom is 0.322 e. The van der Waals surface area contributed by atoms with Crippen LogP contribution >= 0.6 is 0 Å². The quantitative estimate of drug-likeness (QED) is 0.618. The molecule has 0 bridgehead atoms. The number of carbonyl (C=O) groups excluding carboxylic acids is 1. The molecule has 0 aliphatic carbocycles. The number of amides is 2. The first-order chi connectivity index (χ1) is 15.9. The Balaban J connectivity index is 1.39. The summed E-state index contributed by atoms with van der Waals surface area (Å²) in [6, 6.07) is 11.5. The summed E-state index contributed by atoms with van der Waals surface area (Å²) in [5.41, 5.74) is 0.682. The van der Waals surface area contributed by atoms with Crippen LogP contribution in [0.25, 0.3) is 0 Å². The van der Waals surface area contributed by atoms with Crippen molar-refractivity contribution in [3.63, 3.8) is 0 Å². The molecular formula is C23H23F2N5O3. The highest BCUT2D eigenvalue weighted by Gasteiger charge is 2.28. The minimum absolute atomic E-state index is 0.0918. The van der Waals surface area contributed by atoms with Crippen molar-refractivity contribution >= 4 is 17.5 Å². The Labute approximate surface area is 189 Å². The summed E-state index contributed by atoms with van der Waals surface area (Å²) in [5, 5.41) is 2.90. The number of anilines is 2. The van der Waals surface area contributed by atoms with Crippen LogP contribution in [0.15, 0.2) is 54.9 Å². The van der Waals surface area contributed by atoms with Crippen LogP contribution in [0.2, 0.25) is 0 Å². The van der Waals surface area contributed by atoms with E-state index in [9.17, 15) is 13.6 Å². The van der Waals surface area contributed by atoms with Crippen molar-refractivity contribution in [2.24, 2.45) is 0 Å². The van der Waals surface area contributed by atoms with E-state index in [2.05, 4.69) is 15.3 Å². The lowest BCUT2D eigenvalue weighted by Crippen LogP contribution is -2.55. The summed E-state index contributed by atoms with van der Waals surface area (Å²) in [5.74, 6) is -0.200. The number of aromatic nitrogens is 2. The molecular weight excluding hydrogens is 432 g/mol. The van der Waals surface area contributed by atoms with Crippen LogP contribution in [0.3, 0.4) is 0 Å². The third-order valence-electron chi connectivity index (χ3n) is 5.29. The second-order valence-electron chi connectivity index (χ2n) is 7.54. The van der Waals surface area contributed by atoms with E-state index in [1.54, 1.807) is 42.3 Å². The van der Waals surface area contributed by atoms with Gasteiger partial charge in [0.05, 0.1) is 7.11 Å². The van der Waals surface area contributed by atoms with E-state index in [1.807, 2.05) is 11.8 Å². The maximum absolute atomic E-state index is 13.9. The standard InChI is InChI=1S/C23H23F2N5O3/c1-15-13-29(9-10-30(15)23(31)28-17-4-6-18(32-2)7-5-17)21-12-22(27-14-26-21)33-20-8-3-16(24)11-19(20)25/h3-8,11-12,14-15H,9-10,13H2,1-2H3,(H,28,31)/t15-/m1/s1. The Morgan fingerprint density at radius 2 is 1.88 bits per heavy atom. The molecule has 2 amide bonds. The fraction of sp³-hybridized carbons (Fsp3) is 0.261. The predicted molar refractivity (Wildman–Crippen MR) is 119 cm³/mol. The lowest BCUT2D eigenvalue weighted by atomic mass is 10.2. The van der Waals surface area contributed by atoms with Crippen molar-refractivity contribution in [2.75, 3.05) is 37.0 Å². The van der Waals surface area contributed by atoms with Crippen LogP contribution in [0, 0.1) is 11.6 Å². The lowest BCUT2D eigenvalue weighted by Gasteiger charge is -2.40. The second-order valence-corrected chi connectivity index (χ2v) is 7.54. The Kier molecular flexibility index (Phi) is 6.53. The first-order valence-corrected chi connectivity index (χ1v) is 10.3. The molecule has 3 aromatic rings. The van der Waals surface area contributed by atoms with Gasteiger partial charge in [-0.25, -0.2) is 23.5 Å². The molecule has 172 valence electrons. The van der Waals surface area contributed by atoms with Gasteiger partial charge in [-0.1, -0.05) is 0 Å². The zero-order valence-electron chi connectivity index (χ0n) is 18.2. The van der Waals surface area contributed by atoms with E-state index in [-0.39, 0.29) is 23.7 Å². The van der Waals surface area contributed by atoms with E-state index in [4.69, 9.17) is 9.47 Å². The summed E-state index contributed by atoms with van der Waals surface area (Å²) in [4.78, 5) is 24.8. The van der Waals surface area contributed by atoms with Gasteiger partial charge >= 0.3 is 6.03 Å². The van der Waals surface area contributed by atoms with Gasteiger partial charge in [0.1, 0.15) is 23.7 Å². The molecule has 0 radical (unpaired) electrons. The van der Waals surface area contributed by atoms with E-state index in [0.29, 0.717) is 36.9 Å². The molecule has 1 aliphatic rings. The first kappa shape index (κ1) is 22.3. The zero-order chi connectivity index (χ0) is 23.4. The summed E-state index contributed by atoms with van der Waals surface area (Å²) in [6.45, 7) is 3.52. The number of methoxy groups -OCH3 is 1. The number of rotatable bonds is 5. The highest BCUT2D eigenvalue weighted by Crippen LogP contribution is 2.26. The minimum Gasteiger partial charge on any atom is -0.497 e. The lowest BCUT2D eigenvalue weighted by molar-refractivity contribution is 0.184. The highest BCUT2D eigenvalue weighted by atomic mass is 19.1. The Bertz CT molecular complexity index is 1130. The molecule has 4 rings (SSSR count). The SMILES string of the molecule is COc1ccc(NC(=O)N2CCN(c3cc(Oc4ccc(F)cc4F)ncn3)C[C@H]2C)cc1. The maximum atomic E-state index is 13.9. The number of hydrogen-bond acceptors (Lipinski definition) is 6. The van der Waals surface area contributed by atoms with Crippen molar-refractivity contribution < 1.29 is 23.0 Å². The predicted octanol–water partition coefficient (Wildman–Crippen LogP) is 4.30. The molecule has 1 aliphatic heterocycles. The monoisotopic (exact) mass is 455 g/mol. The van der Waals surface area contributed by atoms with Crippen molar-refractivity contribution in [1.82, 2.24) is 14.9 Å². The third-order valence-corrected chi connectivity index (χ3v) is 5.29. The van der Waals surface area contributed by atoms with Gasteiger partial charge in [0.25, 0.3) is 0 Å². The molecule has 0 spiro atoms. The molecule has 10 heteroatoms. The van der Waals surface area contributed by atoms with Gasteiger partial charge in [-0.15, -0.1) is 0 Å². The Morgan fingerprint density at radius 3 is 2.58 bits per heavy atom. The normalized spacial score (nSPS) is 15.8. The molecule has 1 atom stereocenters. The average Bonchev–Trinajstić information content (AvgIpc) is 2.81. The number of ether oxygens (including phenoxy) is 2. The van der Waals surface area contributed by atoms with E-state index < -0.39 is 11.6 Å². The van der Waals surface area contributed by atoms with Crippen molar-refractivity contribution in [1.29, 1.82) is 0 Å². The van der Waals surface area contributed by atoms with E-state index in [0.717, 1.165) is 12.1 Å². The fourth-order valence-corrected chi connectivity index (χ4v) is 3.57. The fourth-order valence-electron chi connectivity index (χ4n) is 3.57. The van der Waals surface area contributed by atoms with Crippen LogP contribution in [-0.2, 0) is 0 Å². The van der Waals surface area contributed by atoms with Crippen molar-refractivity contribution in [2.45, 2.75) is 13.0 Å². The van der Waals surface area contributed by atoms with Crippen LogP contribution in [0.5, 0.6) is 17.4 Å². The number of hydrogen-bond donors (Lipinski definition) is 1. The second kappa shape index (κ2) is 9.68. The van der Waals surface area contributed by atoms with Crippen LogP contribution in [-0.4, -0.2) is 53.7 Å². The largest absolute Gasteiger partial charge is 0.497 e. The molecule has 2 aromatic carbocycles.